The van der Waals surface area contributed by atoms with E-state index in [-0.39, 0.29) is 6.04 Å². The fraction of sp³-hybridized carbons (Fsp3) is 0.467. The van der Waals surface area contributed by atoms with Crippen LogP contribution in [0.1, 0.15) is 40.7 Å². The van der Waals surface area contributed by atoms with Gasteiger partial charge in [-0.15, -0.1) is 11.3 Å². The monoisotopic (exact) mass is 316 g/mol. The Morgan fingerprint density at radius 1 is 1.23 bits per heavy atom. The predicted molar refractivity (Wildman–Crippen MR) is 89.3 cm³/mol. The summed E-state index contributed by atoms with van der Waals surface area (Å²) >= 11 is 1.74. The summed E-state index contributed by atoms with van der Waals surface area (Å²) in [6.45, 7) is 8.29. The molecule has 1 unspecified atom stereocenters. The predicted octanol–water partition coefficient (Wildman–Crippen LogP) is 3.31. The molecule has 0 amide bonds. The van der Waals surface area contributed by atoms with Gasteiger partial charge >= 0.3 is 0 Å². The second-order valence-electron chi connectivity index (χ2n) is 5.43. The Hall–Kier alpha value is -2.02. The molecule has 22 heavy (non-hydrogen) atoms. The SMILES string of the molecule is CCC(Nc1ncnc2c1c(C)nn2C)c1nc(C)c(C)s1. The van der Waals surface area contributed by atoms with Crippen LogP contribution in [0.25, 0.3) is 11.0 Å². The van der Waals surface area contributed by atoms with Gasteiger partial charge < -0.3 is 5.32 Å². The van der Waals surface area contributed by atoms with Crippen LogP contribution in [0, 0.1) is 20.8 Å². The van der Waals surface area contributed by atoms with Gasteiger partial charge in [0.25, 0.3) is 0 Å². The second-order valence-corrected chi connectivity index (χ2v) is 6.66. The van der Waals surface area contributed by atoms with Crippen molar-refractivity contribution in [3.8, 4) is 0 Å². The average Bonchev–Trinajstić information content (AvgIpc) is 2.97. The summed E-state index contributed by atoms with van der Waals surface area (Å²) in [5.41, 5.74) is 2.88. The maximum Gasteiger partial charge on any atom is 0.163 e. The largest absolute Gasteiger partial charge is 0.360 e. The molecule has 1 N–H and O–H groups in total. The summed E-state index contributed by atoms with van der Waals surface area (Å²) in [6.07, 6.45) is 2.52. The third-order valence-electron chi connectivity index (χ3n) is 3.86. The lowest BCUT2D eigenvalue weighted by Gasteiger charge is -2.15. The van der Waals surface area contributed by atoms with Gasteiger partial charge in [-0.1, -0.05) is 6.92 Å². The summed E-state index contributed by atoms with van der Waals surface area (Å²) < 4.78 is 1.79. The van der Waals surface area contributed by atoms with E-state index in [9.17, 15) is 0 Å². The number of nitrogens with zero attached hydrogens (tertiary/aromatic N) is 5. The lowest BCUT2D eigenvalue weighted by atomic mass is 10.2. The highest BCUT2D eigenvalue weighted by atomic mass is 32.1. The molecular formula is C15H20N6S. The third-order valence-corrected chi connectivity index (χ3v) is 5.04. The molecule has 0 aliphatic heterocycles. The van der Waals surface area contributed by atoms with Crippen LogP contribution in [-0.2, 0) is 7.05 Å². The molecule has 0 aromatic carbocycles. The van der Waals surface area contributed by atoms with Crippen LogP contribution in [0.5, 0.6) is 0 Å². The maximum atomic E-state index is 4.68. The molecule has 0 bridgehead atoms. The van der Waals surface area contributed by atoms with E-state index in [0.29, 0.717) is 0 Å². The number of thiazole rings is 1. The first-order valence-electron chi connectivity index (χ1n) is 7.36. The molecule has 0 saturated carbocycles. The number of aromatic nitrogens is 5. The van der Waals surface area contributed by atoms with Gasteiger partial charge in [0.2, 0.25) is 0 Å². The van der Waals surface area contributed by atoms with Gasteiger partial charge in [0.05, 0.1) is 22.8 Å². The zero-order valence-corrected chi connectivity index (χ0v) is 14.3. The van der Waals surface area contributed by atoms with Crippen LogP contribution in [-0.4, -0.2) is 24.7 Å². The molecule has 1 atom stereocenters. The highest BCUT2D eigenvalue weighted by Crippen LogP contribution is 2.30. The topological polar surface area (TPSA) is 68.5 Å². The fourth-order valence-corrected chi connectivity index (χ4v) is 3.59. The average molecular weight is 316 g/mol. The number of fused-ring (bicyclic) bond motifs is 1. The maximum absolute atomic E-state index is 4.68. The summed E-state index contributed by atoms with van der Waals surface area (Å²) in [4.78, 5) is 14.7. The number of aryl methyl sites for hydroxylation is 4. The van der Waals surface area contributed by atoms with Gasteiger partial charge in [-0.2, -0.15) is 5.10 Å². The minimum atomic E-state index is 0.148. The molecule has 116 valence electrons. The minimum Gasteiger partial charge on any atom is -0.360 e. The molecule has 0 aliphatic rings. The van der Waals surface area contributed by atoms with Gasteiger partial charge in [-0.25, -0.2) is 15.0 Å². The first kappa shape index (κ1) is 14.9. The van der Waals surface area contributed by atoms with Gasteiger partial charge in [0.1, 0.15) is 17.2 Å². The van der Waals surface area contributed by atoms with Crippen molar-refractivity contribution in [1.29, 1.82) is 0 Å². The van der Waals surface area contributed by atoms with Crippen LogP contribution in [0.3, 0.4) is 0 Å². The van der Waals surface area contributed by atoms with Crippen molar-refractivity contribution in [1.82, 2.24) is 24.7 Å². The van der Waals surface area contributed by atoms with E-state index in [2.05, 4.69) is 46.1 Å². The van der Waals surface area contributed by atoms with Gasteiger partial charge in [-0.3, -0.25) is 4.68 Å². The van der Waals surface area contributed by atoms with Crippen molar-refractivity contribution in [2.24, 2.45) is 7.05 Å². The van der Waals surface area contributed by atoms with E-state index >= 15 is 0 Å². The standard InChI is InChI=1S/C15H20N6S/c1-6-11(15-18-8(2)10(4)22-15)19-13-12-9(3)20-21(5)14(12)17-7-16-13/h7,11H,6H2,1-5H3,(H,16,17,19). The minimum absolute atomic E-state index is 0.148. The lowest BCUT2D eigenvalue weighted by molar-refractivity contribution is 0.736. The van der Waals surface area contributed by atoms with Crippen molar-refractivity contribution in [3.63, 3.8) is 0 Å². The smallest absolute Gasteiger partial charge is 0.163 e. The summed E-state index contributed by atoms with van der Waals surface area (Å²) in [7, 11) is 1.90. The zero-order valence-electron chi connectivity index (χ0n) is 13.5. The highest BCUT2D eigenvalue weighted by Gasteiger charge is 2.19. The summed E-state index contributed by atoms with van der Waals surface area (Å²) in [6, 6.07) is 0.148. The van der Waals surface area contributed by atoms with Crippen molar-refractivity contribution >= 4 is 28.2 Å². The summed E-state index contributed by atoms with van der Waals surface area (Å²) in [5.74, 6) is 0.827. The Kier molecular flexibility index (Phi) is 3.82. The van der Waals surface area contributed by atoms with Gasteiger partial charge in [0.15, 0.2) is 5.65 Å². The molecule has 0 saturated heterocycles. The van der Waals surface area contributed by atoms with Crippen LogP contribution < -0.4 is 5.32 Å². The fourth-order valence-electron chi connectivity index (χ4n) is 2.54. The van der Waals surface area contributed by atoms with Crippen molar-refractivity contribution in [2.75, 3.05) is 5.32 Å². The van der Waals surface area contributed by atoms with Crippen molar-refractivity contribution in [2.45, 2.75) is 40.2 Å². The molecule has 7 heteroatoms. The zero-order chi connectivity index (χ0) is 15.9. The van der Waals surface area contributed by atoms with E-state index in [4.69, 9.17) is 0 Å². The summed E-state index contributed by atoms with van der Waals surface area (Å²) in [5, 5.41) is 10.0. The van der Waals surface area contributed by atoms with E-state index in [1.165, 1.54) is 4.88 Å². The Morgan fingerprint density at radius 2 is 2.00 bits per heavy atom. The molecule has 0 fully saturated rings. The number of hydrogen-bond donors (Lipinski definition) is 1. The van der Waals surface area contributed by atoms with Crippen LogP contribution >= 0.6 is 11.3 Å². The first-order chi connectivity index (χ1) is 10.5. The molecule has 3 aromatic heterocycles. The number of nitrogens with one attached hydrogen (secondary N) is 1. The highest BCUT2D eigenvalue weighted by molar-refractivity contribution is 7.11. The van der Waals surface area contributed by atoms with Crippen molar-refractivity contribution in [3.05, 3.63) is 27.6 Å². The number of hydrogen-bond acceptors (Lipinski definition) is 6. The van der Waals surface area contributed by atoms with E-state index in [1.54, 1.807) is 22.3 Å². The molecule has 3 aromatic rings. The second kappa shape index (κ2) is 5.64. The van der Waals surface area contributed by atoms with Crippen LogP contribution in [0.15, 0.2) is 6.33 Å². The van der Waals surface area contributed by atoms with E-state index in [1.807, 2.05) is 14.0 Å². The number of rotatable bonds is 4. The Labute approximate surface area is 133 Å². The normalized spacial score (nSPS) is 12.8. The molecular weight excluding hydrogens is 296 g/mol. The Morgan fingerprint density at radius 3 is 2.64 bits per heavy atom. The van der Waals surface area contributed by atoms with Gasteiger partial charge in [0, 0.05) is 11.9 Å². The van der Waals surface area contributed by atoms with Crippen LogP contribution in [0.4, 0.5) is 5.82 Å². The quantitative estimate of drug-likeness (QED) is 0.800. The molecule has 0 aliphatic carbocycles. The molecule has 3 heterocycles. The third kappa shape index (κ3) is 2.45. The van der Waals surface area contributed by atoms with E-state index < -0.39 is 0 Å². The first-order valence-corrected chi connectivity index (χ1v) is 8.17. The van der Waals surface area contributed by atoms with Gasteiger partial charge in [-0.05, 0) is 27.2 Å². The Bertz CT molecular complexity index is 799. The van der Waals surface area contributed by atoms with Crippen molar-refractivity contribution < 1.29 is 0 Å². The molecule has 0 spiro atoms. The molecule has 6 nitrogen and oxygen atoms in total. The number of anilines is 1. The molecule has 0 radical (unpaired) electrons. The van der Waals surface area contributed by atoms with E-state index in [0.717, 1.165) is 39.7 Å². The Balaban J connectivity index is 2.01. The lowest BCUT2D eigenvalue weighted by Crippen LogP contribution is -2.11. The van der Waals surface area contributed by atoms with Crippen LogP contribution in [0.2, 0.25) is 0 Å². The molecule has 3 rings (SSSR count).